The van der Waals surface area contributed by atoms with Gasteiger partial charge in [-0.2, -0.15) is 5.26 Å². The first-order chi connectivity index (χ1) is 15.8. The molecular formula is C28H25N3O2. The van der Waals surface area contributed by atoms with Crippen LogP contribution in [-0.4, -0.2) is 20.4 Å². The van der Waals surface area contributed by atoms with Crippen LogP contribution in [0.15, 0.2) is 60.8 Å². The number of nitrogens with zero attached hydrogens (tertiary/aromatic N) is 3. The number of hydrogen-bond acceptors (Lipinski definition) is 4. The third-order valence-electron chi connectivity index (χ3n) is 6.43. The largest absolute Gasteiger partial charge is 0.508 e. The molecule has 2 heterocycles. The highest BCUT2D eigenvalue weighted by Crippen LogP contribution is 2.43. The van der Waals surface area contributed by atoms with E-state index in [0.717, 1.165) is 22.4 Å². The minimum atomic E-state index is -0.293. The molecule has 0 aliphatic heterocycles. The van der Waals surface area contributed by atoms with E-state index in [0.29, 0.717) is 35.0 Å². The van der Waals surface area contributed by atoms with Gasteiger partial charge in [-0.25, -0.2) is 4.98 Å². The van der Waals surface area contributed by atoms with Crippen LogP contribution >= 0.6 is 0 Å². The smallest absolute Gasteiger partial charge is 0.165 e. The lowest BCUT2D eigenvalue weighted by Crippen LogP contribution is -2.24. The fraction of sp³-hybridized carbons (Fsp3) is 0.250. The molecule has 4 aromatic rings. The molecule has 0 fully saturated rings. The molecular weight excluding hydrogens is 410 g/mol. The number of fused-ring (bicyclic) bond motifs is 2. The van der Waals surface area contributed by atoms with Gasteiger partial charge in [0.1, 0.15) is 17.5 Å². The molecule has 164 valence electrons. The van der Waals surface area contributed by atoms with Crippen LogP contribution in [0.2, 0.25) is 0 Å². The minimum absolute atomic E-state index is 0.0370. The molecule has 0 saturated carbocycles. The molecule has 33 heavy (non-hydrogen) atoms. The Morgan fingerprint density at radius 3 is 2.36 bits per heavy atom. The summed E-state index contributed by atoms with van der Waals surface area (Å²) in [6, 6.07) is 19.2. The SMILES string of the molecule is CC(C)(C)n1cc(C#N)c2c(-c3ccc(O)cc3)c3c(nc21)C[C@@H](c1ccccc1)CC3=O. The van der Waals surface area contributed by atoms with Crippen LogP contribution in [0.3, 0.4) is 0 Å². The van der Waals surface area contributed by atoms with E-state index in [1.165, 1.54) is 0 Å². The van der Waals surface area contributed by atoms with E-state index in [4.69, 9.17) is 4.98 Å². The number of nitriles is 1. The Balaban J connectivity index is 1.84. The van der Waals surface area contributed by atoms with E-state index in [1.54, 1.807) is 24.3 Å². The fourth-order valence-corrected chi connectivity index (χ4v) is 4.86. The standard InChI is InChI=1S/C28H25N3O2/c1-28(2,3)31-16-20(15-29)25-24(18-9-11-21(32)12-10-18)26-22(30-27(25)31)13-19(14-23(26)33)17-7-5-4-6-8-17/h4-12,16,19,32H,13-14H2,1-3H3/t19-/m1/s1. The van der Waals surface area contributed by atoms with E-state index >= 15 is 0 Å². The lowest BCUT2D eigenvalue weighted by molar-refractivity contribution is 0.0964. The van der Waals surface area contributed by atoms with Gasteiger partial charge in [0.25, 0.3) is 0 Å². The number of benzene rings is 2. The Morgan fingerprint density at radius 1 is 1.03 bits per heavy atom. The van der Waals surface area contributed by atoms with Crippen molar-refractivity contribution in [2.45, 2.75) is 45.1 Å². The minimum Gasteiger partial charge on any atom is -0.508 e. The van der Waals surface area contributed by atoms with Crippen molar-refractivity contribution in [3.8, 4) is 22.9 Å². The number of aromatic nitrogens is 2. The number of Topliss-reactive ketones (excluding diaryl/α,β-unsaturated/α-hetero) is 1. The second-order valence-electron chi connectivity index (χ2n) is 9.69. The van der Waals surface area contributed by atoms with Gasteiger partial charge in [0.15, 0.2) is 5.78 Å². The molecule has 5 rings (SSSR count). The van der Waals surface area contributed by atoms with Crippen LogP contribution in [0.4, 0.5) is 0 Å². The molecule has 5 heteroatoms. The quantitative estimate of drug-likeness (QED) is 0.422. The molecule has 0 spiro atoms. The van der Waals surface area contributed by atoms with Gasteiger partial charge in [0, 0.05) is 34.7 Å². The van der Waals surface area contributed by atoms with E-state index in [2.05, 4.69) is 39.0 Å². The fourth-order valence-electron chi connectivity index (χ4n) is 4.86. The van der Waals surface area contributed by atoms with Crippen molar-refractivity contribution >= 4 is 16.8 Å². The number of aromatic hydroxyl groups is 1. The van der Waals surface area contributed by atoms with E-state index in [1.807, 2.05) is 29.0 Å². The van der Waals surface area contributed by atoms with Crippen molar-refractivity contribution in [3.63, 3.8) is 0 Å². The predicted molar refractivity (Wildman–Crippen MR) is 128 cm³/mol. The molecule has 2 aromatic carbocycles. The summed E-state index contributed by atoms with van der Waals surface area (Å²) in [6.07, 6.45) is 2.90. The monoisotopic (exact) mass is 435 g/mol. The molecule has 5 nitrogen and oxygen atoms in total. The Bertz CT molecular complexity index is 1420. The zero-order chi connectivity index (χ0) is 23.3. The second-order valence-corrected chi connectivity index (χ2v) is 9.69. The molecule has 0 amide bonds. The van der Waals surface area contributed by atoms with Gasteiger partial charge in [-0.05, 0) is 56.4 Å². The molecule has 2 aromatic heterocycles. The van der Waals surface area contributed by atoms with Crippen molar-refractivity contribution in [1.82, 2.24) is 9.55 Å². The van der Waals surface area contributed by atoms with E-state index in [9.17, 15) is 15.2 Å². The molecule has 0 unspecified atom stereocenters. The molecule has 1 atom stereocenters. The normalized spacial score (nSPS) is 15.9. The van der Waals surface area contributed by atoms with Crippen molar-refractivity contribution in [2.24, 2.45) is 0 Å². The summed E-state index contributed by atoms with van der Waals surface area (Å²) in [6.45, 7) is 6.23. The Kier molecular flexibility index (Phi) is 4.83. The molecule has 0 bridgehead atoms. The van der Waals surface area contributed by atoms with Gasteiger partial charge in [0.2, 0.25) is 0 Å². The van der Waals surface area contributed by atoms with Gasteiger partial charge in [-0.3, -0.25) is 4.79 Å². The zero-order valence-corrected chi connectivity index (χ0v) is 19.0. The lowest BCUT2D eigenvalue weighted by Gasteiger charge is -2.27. The summed E-state index contributed by atoms with van der Waals surface area (Å²) < 4.78 is 2.03. The highest BCUT2D eigenvalue weighted by Gasteiger charge is 2.33. The van der Waals surface area contributed by atoms with Crippen LogP contribution in [-0.2, 0) is 12.0 Å². The van der Waals surface area contributed by atoms with Crippen LogP contribution in [0.25, 0.3) is 22.2 Å². The van der Waals surface area contributed by atoms with E-state index in [-0.39, 0.29) is 23.0 Å². The maximum Gasteiger partial charge on any atom is 0.165 e. The van der Waals surface area contributed by atoms with Crippen LogP contribution < -0.4 is 0 Å². The first-order valence-electron chi connectivity index (χ1n) is 11.1. The van der Waals surface area contributed by atoms with Crippen LogP contribution in [0, 0.1) is 11.3 Å². The number of ketones is 1. The predicted octanol–water partition coefficient (Wildman–Crippen LogP) is 5.95. The molecule has 1 N–H and O–H groups in total. The van der Waals surface area contributed by atoms with Gasteiger partial charge in [-0.15, -0.1) is 0 Å². The van der Waals surface area contributed by atoms with Crippen molar-refractivity contribution in [2.75, 3.05) is 0 Å². The topological polar surface area (TPSA) is 78.9 Å². The Hall–Kier alpha value is -3.91. The maximum atomic E-state index is 13.6. The number of carbonyl (C=O) groups is 1. The number of phenols is 1. The van der Waals surface area contributed by atoms with Gasteiger partial charge >= 0.3 is 0 Å². The van der Waals surface area contributed by atoms with Crippen LogP contribution in [0.1, 0.15) is 60.3 Å². The Labute approximate surface area is 192 Å². The van der Waals surface area contributed by atoms with Gasteiger partial charge in [0.05, 0.1) is 11.3 Å². The highest BCUT2D eigenvalue weighted by molar-refractivity contribution is 6.12. The molecule has 1 aliphatic rings. The second kappa shape index (κ2) is 7.60. The average Bonchev–Trinajstić information content (AvgIpc) is 3.18. The first kappa shape index (κ1) is 21.0. The lowest BCUT2D eigenvalue weighted by atomic mass is 9.78. The maximum absolute atomic E-state index is 13.6. The Morgan fingerprint density at radius 2 is 1.73 bits per heavy atom. The highest BCUT2D eigenvalue weighted by atomic mass is 16.3. The first-order valence-corrected chi connectivity index (χ1v) is 11.1. The van der Waals surface area contributed by atoms with Gasteiger partial charge < -0.3 is 9.67 Å². The number of rotatable bonds is 2. The third kappa shape index (κ3) is 3.48. The van der Waals surface area contributed by atoms with Gasteiger partial charge in [-0.1, -0.05) is 42.5 Å². The number of hydrogen-bond donors (Lipinski definition) is 1. The van der Waals surface area contributed by atoms with Crippen molar-refractivity contribution in [3.05, 3.63) is 83.2 Å². The summed E-state index contributed by atoms with van der Waals surface area (Å²) >= 11 is 0. The third-order valence-corrected chi connectivity index (χ3v) is 6.43. The van der Waals surface area contributed by atoms with Crippen molar-refractivity contribution in [1.29, 1.82) is 5.26 Å². The summed E-state index contributed by atoms with van der Waals surface area (Å²) in [4.78, 5) is 18.6. The summed E-state index contributed by atoms with van der Waals surface area (Å²) in [5.41, 5.74) is 4.95. The zero-order valence-electron chi connectivity index (χ0n) is 19.0. The molecule has 1 aliphatic carbocycles. The number of carbonyl (C=O) groups excluding carboxylic acids is 1. The average molecular weight is 436 g/mol. The van der Waals surface area contributed by atoms with Crippen LogP contribution in [0.5, 0.6) is 5.75 Å². The molecule has 0 radical (unpaired) electrons. The van der Waals surface area contributed by atoms with Crippen molar-refractivity contribution < 1.29 is 9.90 Å². The number of pyridine rings is 1. The summed E-state index contributed by atoms with van der Waals surface area (Å²) in [5.74, 6) is 0.258. The van der Waals surface area contributed by atoms with E-state index < -0.39 is 0 Å². The summed E-state index contributed by atoms with van der Waals surface area (Å²) in [5, 5.41) is 20.5. The molecule has 0 saturated heterocycles. The number of phenolic OH excluding ortho intramolecular Hbond substituents is 1. The summed E-state index contributed by atoms with van der Waals surface area (Å²) in [7, 11) is 0.